The fourth-order valence-electron chi connectivity index (χ4n) is 2.14. The third kappa shape index (κ3) is 5.12. The molecule has 1 unspecified atom stereocenters. The van der Waals surface area contributed by atoms with Crippen LogP contribution in [0, 0.1) is 0 Å². The van der Waals surface area contributed by atoms with Crippen LogP contribution in [0.1, 0.15) is 32.3 Å². The number of hydrogen-bond donors (Lipinski definition) is 1. The van der Waals surface area contributed by atoms with E-state index in [2.05, 4.69) is 0 Å². The van der Waals surface area contributed by atoms with E-state index in [1.165, 1.54) is 0 Å². The largest absolute Gasteiger partial charge is 0.481 e. The Morgan fingerprint density at radius 2 is 1.89 bits per heavy atom. The first-order valence-corrected chi connectivity index (χ1v) is 6.59. The molecule has 0 heterocycles. The van der Waals surface area contributed by atoms with E-state index in [-0.39, 0.29) is 18.4 Å². The number of nitrogens with zero attached hydrogens (tertiary/aromatic N) is 1. The number of carboxylic acids is 1. The maximum absolute atomic E-state index is 12.1. The van der Waals surface area contributed by atoms with E-state index < -0.39 is 5.97 Å². The lowest BCUT2D eigenvalue weighted by Crippen LogP contribution is -2.39. The summed E-state index contributed by atoms with van der Waals surface area (Å²) in [5.41, 5.74) is 1.12. The Morgan fingerprint density at radius 1 is 1.26 bits per heavy atom. The van der Waals surface area contributed by atoms with Crippen LogP contribution >= 0.6 is 0 Å². The van der Waals surface area contributed by atoms with Gasteiger partial charge in [-0.3, -0.25) is 9.59 Å². The van der Waals surface area contributed by atoms with Crippen molar-refractivity contribution >= 4 is 11.9 Å². The Hall–Kier alpha value is -1.84. The molecule has 19 heavy (non-hydrogen) atoms. The molecule has 1 rings (SSSR count). The highest BCUT2D eigenvalue weighted by Crippen LogP contribution is 2.09. The molecule has 0 radical (unpaired) electrons. The quantitative estimate of drug-likeness (QED) is 0.821. The van der Waals surface area contributed by atoms with Crippen LogP contribution in [0.4, 0.5) is 0 Å². The van der Waals surface area contributed by atoms with Crippen molar-refractivity contribution in [1.82, 2.24) is 4.90 Å². The molecule has 0 aliphatic rings. The number of carbonyl (C=O) groups excluding carboxylic acids is 1. The summed E-state index contributed by atoms with van der Waals surface area (Å²) in [5.74, 6) is -0.859. The van der Waals surface area contributed by atoms with Gasteiger partial charge in [0.05, 0.1) is 6.42 Å². The van der Waals surface area contributed by atoms with E-state index >= 15 is 0 Å². The Bertz CT molecular complexity index is 417. The Labute approximate surface area is 114 Å². The van der Waals surface area contributed by atoms with Gasteiger partial charge in [-0.2, -0.15) is 0 Å². The van der Waals surface area contributed by atoms with Crippen LogP contribution in [0.25, 0.3) is 0 Å². The molecule has 1 amide bonds. The van der Waals surface area contributed by atoms with E-state index in [9.17, 15) is 9.59 Å². The molecule has 4 heteroatoms. The summed E-state index contributed by atoms with van der Waals surface area (Å²) in [6.45, 7) is 4.19. The van der Waals surface area contributed by atoms with Crippen molar-refractivity contribution < 1.29 is 14.7 Å². The number of aryl methyl sites for hydroxylation is 1. The highest BCUT2D eigenvalue weighted by molar-refractivity contribution is 5.77. The van der Waals surface area contributed by atoms with Gasteiger partial charge < -0.3 is 10.0 Å². The predicted octanol–water partition coefficient (Wildman–Crippen LogP) is 2.33. The third-order valence-corrected chi connectivity index (χ3v) is 3.13. The molecule has 0 spiro atoms. The van der Waals surface area contributed by atoms with Crippen molar-refractivity contribution in [2.24, 2.45) is 0 Å². The van der Waals surface area contributed by atoms with Crippen molar-refractivity contribution in [3.05, 3.63) is 35.9 Å². The molecular formula is C15H21NO3. The van der Waals surface area contributed by atoms with E-state index in [0.717, 1.165) is 5.56 Å². The topological polar surface area (TPSA) is 57.6 Å². The van der Waals surface area contributed by atoms with Gasteiger partial charge in [0.15, 0.2) is 0 Å². The van der Waals surface area contributed by atoms with Gasteiger partial charge in [-0.05, 0) is 25.8 Å². The summed E-state index contributed by atoms with van der Waals surface area (Å²) in [6.07, 6.45) is 1.10. The first-order chi connectivity index (χ1) is 9.04. The van der Waals surface area contributed by atoms with Crippen molar-refractivity contribution in [2.45, 2.75) is 39.2 Å². The summed E-state index contributed by atoms with van der Waals surface area (Å²) >= 11 is 0. The van der Waals surface area contributed by atoms with Gasteiger partial charge in [0, 0.05) is 19.0 Å². The van der Waals surface area contributed by atoms with Crippen molar-refractivity contribution in [2.75, 3.05) is 6.54 Å². The number of carbonyl (C=O) groups is 2. The highest BCUT2D eigenvalue weighted by atomic mass is 16.4. The normalized spacial score (nSPS) is 11.9. The molecule has 104 valence electrons. The molecule has 0 saturated heterocycles. The number of amides is 1. The smallest absolute Gasteiger partial charge is 0.305 e. The van der Waals surface area contributed by atoms with E-state index in [1.807, 2.05) is 37.3 Å². The van der Waals surface area contributed by atoms with Crippen LogP contribution < -0.4 is 0 Å². The second-order valence-electron chi connectivity index (χ2n) is 4.61. The lowest BCUT2D eigenvalue weighted by atomic mass is 10.1. The first-order valence-electron chi connectivity index (χ1n) is 6.59. The number of aliphatic carboxylic acids is 1. The molecule has 1 atom stereocenters. The zero-order chi connectivity index (χ0) is 14.3. The summed E-state index contributed by atoms with van der Waals surface area (Å²) in [5, 5.41) is 8.78. The van der Waals surface area contributed by atoms with Crippen LogP contribution in [-0.2, 0) is 16.0 Å². The molecule has 0 aromatic heterocycles. The fraction of sp³-hybridized carbons (Fsp3) is 0.467. The number of benzene rings is 1. The maximum atomic E-state index is 12.1. The Balaban J connectivity index is 2.52. The summed E-state index contributed by atoms with van der Waals surface area (Å²) in [7, 11) is 0. The second-order valence-corrected chi connectivity index (χ2v) is 4.61. The molecule has 1 aromatic rings. The molecule has 0 saturated carbocycles. The monoisotopic (exact) mass is 263 g/mol. The van der Waals surface area contributed by atoms with Crippen molar-refractivity contribution in [3.63, 3.8) is 0 Å². The van der Waals surface area contributed by atoms with Gasteiger partial charge in [-0.1, -0.05) is 30.3 Å². The van der Waals surface area contributed by atoms with E-state index in [1.54, 1.807) is 11.8 Å². The van der Waals surface area contributed by atoms with Crippen molar-refractivity contribution in [3.8, 4) is 0 Å². The van der Waals surface area contributed by atoms with Crippen LogP contribution in [0.5, 0.6) is 0 Å². The van der Waals surface area contributed by atoms with Gasteiger partial charge in [0.25, 0.3) is 0 Å². The minimum absolute atomic E-state index is 0.00901. The molecule has 0 bridgehead atoms. The van der Waals surface area contributed by atoms with Crippen molar-refractivity contribution in [1.29, 1.82) is 0 Å². The van der Waals surface area contributed by atoms with Crippen LogP contribution in [0.3, 0.4) is 0 Å². The standard InChI is InChI=1S/C15H21NO3/c1-3-16(12(2)11-15(18)19)14(17)10-9-13-7-5-4-6-8-13/h4-8,12H,3,9-11H2,1-2H3,(H,18,19). The maximum Gasteiger partial charge on any atom is 0.305 e. The Morgan fingerprint density at radius 3 is 2.42 bits per heavy atom. The average Bonchev–Trinajstić information content (AvgIpc) is 2.37. The van der Waals surface area contributed by atoms with Crippen LogP contribution in [-0.4, -0.2) is 34.5 Å². The lowest BCUT2D eigenvalue weighted by molar-refractivity contribution is -0.140. The molecular weight excluding hydrogens is 242 g/mol. The molecule has 1 aromatic carbocycles. The summed E-state index contributed by atoms with van der Waals surface area (Å²) in [4.78, 5) is 24.4. The third-order valence-electron chi connectivity index (χ3n) is 3.13. The SMILES string of the molecule is CCN(C(=O)CCc1ccccc1)C(C)CC(=O)O. The lowest BCUT2D eigenvalue weighted by Gasteiger charge is -2.27. The second kappa shape index (κ2) is 7.56. The molecule has 0 aliphatic heterocycles. The van der Waals surface area contributed by atoms with Crippen LogP contribution in [0.15, 0.2) is 30.3 Å². The number of carboxylic acid groups (broad SMARTS) is 1. The van der Waals surface area contributed by atoms with Crippen LogP contribution in [0.2, 0.25) is 0 Å². The molecule has 1 N–H and O–H groups in total. The summed E-state index contributed by atoms with van der Waals surface area (Å²) in [6, 6.07) is 9.56. The molecule has 0 aliphatic carbocycles. The van der Waals surface area contributed by atoms with Gasteiger partial charge in [-0.15, -0.1) is 0 Å². The van der Waals surface area contributed by atoms with Gasteiger partial charge in [-0.25, -0.2) is 0 Å². The average molecular weight is 263 g/mol. The minimum Gasteiger partial charge on any atom is -0.481 e. The zero-order valence-electron chi connectivity index (χ0n) is 11.5. The number of rotatable bonds is 7. The highest BCUT2D eigenvalue weighted by Gasteiger charge is 2.20. The van der Waals surface area contributed by atoms with Gasteiger partial charge >= 0.3 is 5.97 Å². The van der Waals surface area contributed by atoms with Gasteiger partial charge in [0.1, 0.15) is 0 Å². The van der Waals surface area contributed by atoms with E-state index in [4.69, 9.17) is 5.11 Å². The Kier molecular flexibility index (Phi) is 6.06. The fourth-order valence-corrected chi connectivity index (χ4v) is 2.14. The first kappa shape index (κ1) is 15.2. The van der Waals surface area contributed by atoms with Gasteiger partial charge in [0.2, 0.25) is 5.91 Å². The number of hydrogen-bond acceptors (Lipinski definition) is 2. The van der Waals surface area contributed by atoms with E-state index in [0.29, 0.717) is 19.4 Å². The minimum atomic E-state index is -0.873. The molecule has 0 fully saturated rings. The predicted molar refractivity (Wildman–Crippen MR) is 73.9 cm³/mol. The summed E-state index contributed by atoms with van der Waals surface area (Å²) < 4.78 is 0. The molecule has 4 nitrogen and oxygen atoms in total. The zero-order valence-corrected chi connectivity index (χ0v) is 11.5.